The standard InChI is InChI=1S/C10H12Br2N2O3S/c11-4-9-7-14(1-2-17-9)18(15,16)10-3-8(12)5-13-6-10/h3,5-6,9H,1-2,4,7H2. The van der Waals surface area contributed by atoms with Gasteiger partial charge in [0.2, 0.25) is 10.0 Å². The number of halogens is 2. The fraction of sp³-hybridized carbons (Fsp3) is 0.500. The summed E-state index contributed by atoms with van der Waals surface area (Å²) in [5.74, 6) is 0. The van der Waals surface area contributed by atoms with Crippen LogP contribution in [-0.2, 0) is 14.8 Å². The average Bonchev–Trinajstić information content (AvgIpc) is 2.39. The third-order valence-electron chi connectivity index (χ3n) is 2.59. The molecule has 1 aliphatic heterocycles. The highest BCUT2D eigenvalue weighted by atomic mass is 79.9. The number of pyridine rings is 1. The third kappa shape index (κ3) is 3.11. The van der Waals surface area contributed by atoms with Crippen molar-refractivity contribution in [1.82, 2.24) is 9.29 Å². The number of alkyl halides is 1. The summed E-state index contributed by atoms with van der Waals surface area (Å²) < 4.78 is 32.3. The number of nitrogens with zero attached hydrogens (tertiary/aromatic N) is 2. The molecule has 8 heteroatoms. The van der Waals surface area contributed by atoms with E-state index >= 15 is 0 Å². The fourth-order valence-corrected chi connectivity index (χ4v) is 4.04. The Kier molecular flexibility index (Phi) is 4.76. The lowest BCUT2D eigenvalue weighted by Crippen LogP contribution is -2.46. The normalized spacial score (nSPS) is 22.0. The molecule has 0 bridgehead atoms. The summed E-state index contributed by atoms with van der Waals surface area (Å²) in [6.45, 7) is 1.15. The van der Waals surface area contributed by atoms with Crippen LogP contribution in [0.25, 0.3) is 0 Å². The first-order chi connectivity index (χ1) is 8.54. The van der Waals surface area contributed by atoms with Crippen molar-refractivity contribution >= 4 is 41.9 Å². The van der Waals surface area contributed by atoms with Crippen molar-refractivity contribution in [3.63, 3.8) is 0 Å². The van der Waals surface area contributed by atoms with E-state index in [0.29, 0.717) is 29.5 Å². The van der Waals surface area contributed by atoms with E-state index in [-0.39, 0.29) is 11.0 Å². The number of sulfonamides is 1. The Balaban J connectivity index is 2.25. The molecule has 1 atom stereocenters. The molecule has 0 radical (unpaired) electrons. The van der Waals surface area contributed by atoms with Crippen molar-refractivity contribution in [3.05, 3.63) is 22.9 Å². The maximum Gasteiger partial charge on any atom is 0.244 e. The highest BCUT2D eigenvalue weighted by Crippen LogP contribution is 2.21. The number of hydrogen-bond acceptors (Lipinski definition) is 4. The molecule has 1 aromatic rings. The van der Waals surface area contributed by atoms with E-state index in [9.17, 15) is 8.42 Å². The van der Waals surface area contributed by atoms with Gasteiger partial charge in [0, 0.05) is 35.3 Å². The van der Waals surface area contributed by atoms with E-state index in [1.807, 2.05) is 0 Å². The quantitative estimate of drug-likeness (QED) is 0.724. The maximum atomic E-state index is 12.4. The molecule has 1 unspecified atom stereocenters. The molecule has 100 valence electrons. The zero-order valence-corrected chi connectivity index (χ0v) is 13.4. The Bertz CT molecular complexity index is 524. The summed E-state index contributed by atoms with van der Waals surface area (Å²) in [7, 11) is -3.49. The van der Waals surface area contributed by atoms with Gasteiger partial charge in [-0.1, -0.05) is 15.9 Å². The molecule has 0 saturated carbocycles. The van der Waals surface area contributed by atoms with E-state index in [1.54, 1.807) is 12.3 Å². The van der Waals surface area contributed by atoms with Crippen LogP contribution in [0.15, 0.2) is 27.8 Å². The van der Waals surface area contributed by atoms with Gasteiger partial charge >= 0.3 is 0 Å². The zero-order chi connectivity index (χ0) is 13.2. The van der Waals surface area contributed by atoms with E-state index in [0.717, 1.165) is 0 Å². The molecule has 0 amide bonds. The minimum absolute atomic E-state index is 0.103. The Labute approximate surface area is 123 Å². The summed E-state index contributed by atoms with van der Waals surface area (Å²) in [6.07, 6.45) is 2.81. The van der Waals surface area contributed by atoms with Crippen LogP contribution < -0.4 is 0 Å². The number of hydrogen-bond donors (Lipinski definition) is 0. The van der Waals surface area contributed by atoms with Crippen molar-refractivity contribution in [3.8, 4) is 0 Å². The predicted molar refractivity (Wildman–Crippen MR) is 74.2 cm³/mol. The minimum atomic E-state index is -3.49. The van der Waals surface area contributed by atoms with Gasteiger partial charge < -0.3 is 4.74 Å². The largest absolute Gasteiger partial charge is 0.375 e. The number of rotatable bonds is 3. The lowest BCUT2D eigenvalue weighted by atomic mass is 10.3. The van der Waals surface area contributed by atoms with Gasteiger partial charge in [0.05, 0.1) is 12.7 Å². The molecule has 5 nitrogen and oxygen atoms in total. The van der Waals surface area contributed by atoms with Crippen molar-refractivity contribution in [2.24, 2.45) is 0 Å². The molecule has 1 aromatic heterocycles. The van der Waals surface area contributed by atoms with Gasteiger partial charge in [-0.25, -0.2) is 8.42 Å². The van der Waals surface area contributed by atoms with Crippen LogP contribution in [0.2, 0.25) is 0 Å². The van der Waals surface area contributed by atoms with Gasteiger partial charge in [0.25, 0.3) is 0 Å². The highest BCUT2D eigenvalue weighted by Gasteiger charge is 2.30. The number of ether oxygens (including phenoxy) is 1. The molecule has 18 heavy (non-hydrogen) atoms. The van der Waals surface area contributed by atoms with Crippen molar-refractivity contribution in [2.45, 2.75) is 11.0 Å². The maximum absolute atomic E-state index is 12.4. The summed E-state index contributed by atoms with van der Waals surface area (Å²) in [5, 5.41) is 0.621. The molecule has 1 saturated heterocycles. The van der Waals surface area contributed by atoms with E-state index < -0.39 is 10.0 Å². The SMILES string of the molecule is O=S(=O)(c1cncc(Br)c1)N1CCOC(CBr)C1. The molecule has 2 rings (SSSR count). The van der Waals surface area contributed by atoms with Gasteiger partial charge in [-0.05, 0) is 22.0 Å². The van der Waals surface area contributed by atoms with Crippen LogP contribution in [0, 0.1) is 0 Å². The molecular weight excluding hydrogens is 388 g/mol. The van der Waals surface area contributed by atoms with Crippen LogP contribution in [0.4, 0.5) is 0 Å². The zero-order valence-electron chi connectivity index (χ0n) is 9.42. The van der Waals surface area contributed by atoms with Crippen LogP contribution >= 0.6 is 31.9 Å². The monoisotopic (exact) mass is 398 g/mol. The molecule has 0 spiro atoms. The van der Waals surface area contributed by atoms with E-state index in [1.165, 1.54) is 10.5 Å². The van der Waals surface area contributed by atoms with Crippen LogP contribution in [0.1, 0.15) is 0 Å². The second-order valence-electron chi connectivity index (χ2n) is 3.85. The second-order valence-corrected chi connectivity index (χ2v) is 7.35. The molecule has 1 fully saturated rings. The Morgan fingerprint density at radius 2 is 2.28 bits per heavy atom. The lowest BCUT2D eigenvalue weighted by molar-refractivity contribution is 0.0136. The van der Waals surface area contributed by atoms with E-state index in [2.05, 4.69) is 36.8 Å². The first kappa shape index (κ1) is 14.4. The smallest absolute Gasteiger partial charge is 0.244 e. The van der Waals surface area contributed by atoms with Gasteiger partial charge in [-0.2, -0.15) is 4.31 Å². The van der Waals surface area contributed by atoms with Gasteiger partial charge in [0.15, 0.2) is 0 Å². The second kappa shape index (κ2) is 5.96. The Hall–Kier alpha value is -0.0200. The highest BCUT2D eigenvalue weighted by molar-refractivity contribution is 9.10. The number of aromatic nitrogens is 1. The lowest BCUT2D eigenvalue weighted by Gasteiger charge is -2.31. The predicted octanol–water partition coefficient (Wildman–Crippen LogP) is 1.63. The molecule has 0 aromatic carbocycles. The Morgan fingerprint density at radius 1 is 1.50 bits per heavy atom. The summed E-state index contributed by atoms with van der Waals surface area (Å²) in [6, 6.07) is 1.56. The first-order valence-corrected chi connectivity index (χ1v) is 8.68. The minimum Gasteiger partial charge on any atom is -0.375 e. The number of morpholine rings is 1. The van der Waals surface area contributed by atoms with Crippen molar-refractivity contribution < 1.29 is 13.2 Å². The van der Waals surface area contributed by atoms with Crippen molar-refractivity contribution in [2.75, 3.05) is 25.0 Å². The average molecular weight is 400 g/mol. The van der Waals surface area contributed by atoms with Gasteiger partial charge in [-0.15, -0.1) is 0 Å². The van der Waals surface area contributed by atoms with Gasteiger partial charge in [-0.3, -0.25) is 4.98 Å². The third-order valence-corrected chi connectivity index (χ3v) is 5.58. The first-order valence-electron chi connectivity index (χ1n) is 5.32. The van der Waals surface area contributed by atoms with Crippen molar-refractivity contribution in [1.29, 1.82) is 0 Å². The summed E-state index contributed by atoms with van der Waals surface area (Å²) in [5.41, 5.74) is 0. The molecular formula is C10H12Br2N2O3S. The van der Waals surface area contributed by atoms with Crippen LogP contribution in [0.3, 0.4) is 0 Å². The van der Waals surface area contributed by atoms with E-state index in [4.69, 9.17) is 4.74 Å². The van der Waals surface area contributed by atoms with Gasteiger partial charge in [0.1, 0.15) is 4.90 Å². The molecule has 0 N–H and O–H groups in total. The molecule has 0 aliphatic carbocycles. The fourth-order valence-electron chi connectivity index (χ4n) is 1.69. The van der Waals surface area contributed by atoms with Crippen LogP contribution in [0.5, 0.6) is 0 Å². The molecule has 1 aliphatic rings. The summed E-state index contributed by atoms with van der Waals surface area (Å²) in [4.78, 5) is 4.09. The topological polar surface area (TPSA) is 59.5 Å². The summed E-state index contributed by atoms with van der Waals surface area (Å²) >= 11 is 6.53. The Morgan fingerprint density at radius 3 is 2.94 bits per heavy atom. The van der Waals surface area contributed by atoms with Crippen LogP contribution in [-0.4, -0.2) is 48.8 Å². The molecule has 2 heterocycles.